The number of nitrogens with zero attached hydrogens (tertiary/aromatic N) is 2. The molecule has 0 unspecified atom stereocenters. The minimum Gasteiger partial charge on any atom is -0.233 e. The van der Waals surface area contributed by atoms with Crippen LogP contribution in [0, 0.1) is 12.8 Å². The van der Waals surface area contributed by atoms with E-state index in [0.717, 1.165) is 23.5 Å². The molecular formula is C20H22N2. The fourth-order valence-electron chi connectivity index (χ4n) is 2.65. The van der Waals surface area contributed by atoms with Crippen LogP contribution in [0.4, 0.5) is 0 Å². The topological polar surface area (TPSA) is 17.8 Å². The standard InChI is InChI=1S/C20H22N2/c1-15(2)13-18-14-20(17-7-5-4-6-8-17)22(21-18)19-11-9-16(3)10-12-19/h4-12,14-15H,13H2,1-3H3. The van der Waals surface area contributed by atoms with Gasteiger partial charge in [0.15, 0.2) is 0 Å². The van der Waals surface area contributed by atoms with Crippen LogP contribution >= 0.6 is 0 Å². The largest absolute Gasteiger partial charge is 0.233 e. The van der Waals surface area contributed by atoms with E-state index >= 15 is 0 Å². The lowest BCUT2D eigenvalue weighted by Gasteiger charge is -2.08. The minimum absolute atomic E-state index is 0.602. The normalized spacial score (nSPS) is 11.1. The molecule has 0 N–H and O–H groups in total. The molecule has 0 saturated carbocycles. The molecule has 0 saturated heterocycles. The molecule has 0 fully saturated rings. The van der Waals surface area contributed by atoms with Gasteiger partial charge in [-0.15, -0.1) is 0 Å². The second kappa shape index (κ2) is 6.18. The first-order chi connectivity index (χ1) is 10.6. The van der Waals surface area contributed by atoms with Crippen molar-refractivity contribution in [1.29, 1.82) is 0 Å². The van der Waals surface area contributed by atoms with Gasteiger partial charge < -0.3 is 0 Å². The first kappa shape index (κ1) is 14.6. The Morgan fingerprint density at radius 3 is 2.27 bits per heavy atom. The van der Waals surface area contributed by atoms with Crippen LogP contribution in [0.1, 0.15) is 25.1 Å². The Balaban J connectivity index is 2.10. The second-order valence-electron chi connectivity index (χ2n) is 6.23. The summed E-state index contributed by atoms with van der Waals surface area (Å²) in [7, 11) is 0. The van der Waals surface area contributed by atoms with Gasteiger partial charge in [0.05, 0.1) is 17.1 Å². The summed E-state index contributed by atoms with van der Waals surface area (Å²) in [6, 6.07) is 21.2. The van der Waals surface area contributed by atoms with Crippen molar-refractivity contribution in [1.82, 2.24) is 9.78 Å². The zero-order valence-corrected chi connectivity index (χ0v) is 13.5. The first-order valence-electron chi connectivity index (χ1n) is 7.85. The van der Waals surface area contributed by atoms with Crippen LogP contribution in [0.25, 0.3) is 16.9 Å². The fraction of sp³-hybridized carbons (Fsp3) is 0.250. The molecule has 1 aromatic heterocycles. The van der Waals surface area contributed by atoms with Gasteiger partial charge in [-0.25, -0.2) is 4.68 Å². The smallest absolute Gasteiger partial charge is 0.0743 e. The van der Waals surface area contributed by atoms with E-state index in [4.69, 9.17) is 5.10 Å². The highest BCUT2D eigenvalue weighted by Crippen LogP contribution is 2.25. The third-order valence-corrected chi connectivity index (χ3v) is 3.73. The van der Waals surface area contributed by atoms with Gasteiger partial charge in [-0.2, -0.15) is 5.10 Å². The van der Waals surface area contributed by atoms with Crippen LogP contribution in [0.5, 0.6) is 0 Å². The van der Waals surface area contributed by atoms with Gasteiger partial charge in [-0.1, -0.05) is 61.9 Å². The molecule has 2 heteroatoms. The summed E-state index contributed by atoms with van der Waals surface area (Å²) in [5, 5.41) is 4.84. The van der Waals surface area contributed by atoms with Crippen LogP contribution in [-0.4, -0.2) is 9.78 Å². The molecule has 3 aromatic rings. The van der Waals surface area contributed by atoms with Crippen LogP contribution in [0.3, 0.4) is 0 Å². The fourth-order valence-corrected chi connectivity index (χ4v) is 2.65. The molecule has 0 aliphatic carbocycles. The molecule has 0 aliphatic heterocycles. The van der Waals surface area contributed by atoms with Crippen molar-refractivity contribution < 1.29 is 0 Å². The summed E-state index contributed by atoms with van der Waals surface area (Å²) in [5.41, 5.74) is 5.87. The number of hydrogen-bond acceptors (Lipinski definition) is 1. The van der Waals surface area contributed by atoms with Crippen molar-refractivity contribution in [2.75, 3.05) is 0 Å². The van der Waals surface area contributed by atoms with Crippen molar-refractivity contribution in [3.63, 3.8) is 0 Å². The van der Waals surface area contributed by atoms with E-state index in [1.165, 1.54) is 11.1 Å². The quantitative estimate of drug-likeness (QED) is 0.657. The Kier molecular flexibility index (Phi) is 4.10. The van der Waals surface area contributed by atoms with Gasteiger partial charge >= 0.3 is 0 Å². The third kappa shape index (κ3) is 3.11. The number of aryl methyl sites for hydroxylation is 1. The Bertz CT molecular complexity index is 737. The van der Waals surface area contributed by atoms with Crippen LogP contribution in [0.15, 0.2) is 60.7 Å². The monoisotopic (exact) mass is 290 g/mol. The molecule has 22 heavy (non-hydrogen) atoms. The maximum Gasteiger partial charge on any atom is 0.0743 e. The molecule has 0 spiro atoms. The van der Waals surface area contributed by atoms with E-state index in [1.807, 2.05) is 6.07 Å². The second-order valence-corrected chi connectivity index (χ2v) is 6.23. The Morgan fingerprint density at radius 2 is 1.64 bits per heavy atom. The van der Waals surface area contributed by atoms with E-state index in [1.54, 1.807) is 0 Å². The average Bonchev–Trinajstić information content (AvgIpc) is 2.92. The lowest BCUT2D eigenvalue weighted by Crippen LogP contribution is -2.01. The number of benzene rings is 2. The van der Waals surface area contributed by atoms with E-state index in [2.05, 4.69) is 80.1 Å². The van der Waals surface area contributed by atoms with Crippen molar-refractivity contribution in [3.8, 4) is 16.9 Å². The summed E-state index contributed by atoms with van der Waals surface area (Å²) in [5.74, 6) is 0.602. The molecule has 0 bridgehead atoms. The van der Waals surface area contributed by atoms with E-state index in [0.29, 0.717) is 5.92 Å². The maximum atomic E-state index is 4.84. The summed E-state index contributed by atoms with van der Waals surface area (Å²) in [6.07, 6.45) is 0.999. The number of hydrogen-bond donors (Lipinski definition) is 0. The van der Waals surface area contributed by atoms with Gasteiger partial charge in [-0.05, 0) is 37.5 Å². The predicted octanol–water partition coefficient (Wildman–Crippen LogP) is 5.05. The minimum atomic E-state index is 0.602. The Morgan fingerprint density at radius 1 is 0.955 bits per heavy atom. The highest BCUT2D eigenvalue weighted by molar-refractivity contribution is 5.62. The maximum absolute atomic E-state index is 4.84. The van der Waals surface area contributed by atoms with E-state index < -0.39 is 0 Å². The molecule has 0 amide bonds. The van der Waals surface area contributed by atoms with Gasteiger partial charge in [-0.3, -0.25) is 0 Å². The first-order valence-corrected chi connectivity index (χ1v) is 7.85. The molecule has 0 atom stereocenters. The molecule has 1 heterocycles. The molecule has 2 aromatic carbocycles. The molecule has 0 aliphatic rings. The highest BCUT2D eigenvalue weighted by Gasteiger charge is 2.12. The van der Waals surface area contributed by atoms with Gasteiger partial charge in [0, 0.05) is 5.56 Å². The third-order valence-electron chi connectivity index (χ3n) is 3.73. The van der Waals surface area contributed by atoms with Gasteiger partial charge in [0.2, 0.25) is 0 Å². The molecule has 0 radical (unpaired) electrons. The van der Waals surface area contributed by atoms with Gasteiger partial charge in [0.1, 0.15) is 0 Å². The summed E-state index contributed by atoms with van der Waals surface area (Å²) in [4.78, 5) is 0. The zero-order valence-electron chi connectivity index (χ0n) is 13.5. The highest BCUT2D eigenvalue weighted by atomic mass is 15.3. The summed E-state index contributed by atoms with van der Waals surface area (Å²) < 4.78 is 2.06. The van der Waals surface area contributed by atoms with E-state index in [-0.39, 0.29) is 0 Å². The van der Waals surface area contributed by atoms with Crippen LogP contribution in [0.2, 0.25) is 0 Å². The van der Waals surface area contributed by atoms with Crippen LogP contribution < -0.4 is 0 Å². The SMILES string of the molecule is Cc1ccc(-n2nc(CC(C)C)cc2-c2ccccc2)cc1. The van der Waals surface area contributed by atoms with Crippen molar-refractivity contribution in [3.05, 3.63) is 71.9 Å². The van der Waals surface area contributed by atoms with Crippen molar-refractivity contribution >= 4 is 0 Å². The molecular weight excluding hydrogens is 268 g/mol. The number of aromatic nitrogens is 2. The van der Waals surface area contributed by atoms with Crippen molar-refractivity contribution in [2.24, 2.45) is 5.92 Å². The van der Waals surface area contributed by atoms with Gasteiger partial charge in [0.25, 0.3) is 0 Å². The van der Waals surface area contributed by atoms with E-state index in [9.17, 15) is 0 Å². The molecule has 2 nitrogen and oxygen atoms in total. The Labute approximate surface area is 132 Å². The molecule has 3 rings (SSSR count). The lowest BCUT2D eigenvalue weighted by atomic mass is 10.1. The molecule has 112 valence electrons. The Hall–Kier alpha value is -2.35. The average molecular weight is 290 g/mol. The van der Waals surface area contributed by atoms with Crippen LogP contribution in [-0.2, 0) is 6.42 Å². The zero-order chi connectivity index (χ0) is 15.5. The lowest BCUT2D eigenvalue weighted by molar-refractivity contribution is 0.628. The summed E-state index contributed by atoms with van der Waals surface area (Å²) >= 11 is 0. The summed E-state index contributed by atoms with van der Waals surface area (Å²) in [6.45, 7) is 6.56. The predicted molar refractivity (Wildman–Crippen MR) is 92.3 cm³/mol. The number of rotatable bonds is 4. The van der Waals surface area contributed by atoms with Crippen molar-refractivity contribution in [2.45, 2.75) is 27.2 Å².